The summed E-state index contributed by atoms with van der Waals surface area (Å²) in [6, 6.07) is -0.312. The van der Waals surface area contributed by atoms with E-state index in [0.29, 0.717) is 4.48 Å². The van der Waals surface area contributed by atoms with Gasteiger partial charge in [-0.2, -0.15) is 0 Å². The smallest absolute Gasteiger partial charge is 0.362 e. The zero-order valence-electron chi connectivity index (χ0n) is 14.2. The first kappa shape index (κ1) is 19.4. The second-order valence-electron chi connectivity index (χ2n) is 6.70. The third-order valence-corrected chi connectivity index (χ3v) is 4.49. The topological polar surface area (TPSA) is 37.3 Å². The van der Waals surface area contributed by atoms with Crippen LogP contribution in [-0.4, -0.2) is 42.2 Å². The van der Waals surface area contributed by atoms with E-state index in [1.165, 1.54) is 57.8 Å². The summed E-state index contributed by atoms with van der Waals surface area (Å²) in [4.78, 5) is 11.0. The van der Waals surface area contributed by atoms with E-state index >= 15 is 0 Å². The van der Waals surface area contributed by atoms with Crippen molar-refractivity contribution in [3.05, 3.63) is 0 Å². The lowest BCUT2D eigenvalue weighted by Crippen LogP contribution is -2.51. The third-order valence-electron chi connectivity index (χ3n) is 4.49. The van der Waals surface area contributed by atoms with Crippen LogP contribution in [0.15, 0.2) is 0 Å². The number of aliphatic carboxylic acids is 1. The fourth-order valence-electron chi connectivity index (χ4n) is 2.50. The number of hydrogen-bond donors (Lipinski definition) is 1. The Morgan fingerprint density at radius 2 is 1.30 bits per heavy atom. The summed E-state index contributed by atoms with van der Waals surface area (Å²) in [6.07, 6.45) is 13.3. The highest BCUT2D eigenvalue weighted by Crippen LogP contribution is 2.13. The first-order chi connectivity index (χ1) is 9.41. The Hall–Kier alpha value is -0.570. The van der Waals surface area contributed by atoms with Gasteiger partial charge in [0, 0.05) is 0 Å². The number of carboxylic acid groups (broad SMARTS) is 1. The van der Waals surface area contributed by atoms with E-state index in [-0.39, 0.29) is 6.04 Å². The van der Waals surface area contributed by atoms with Crippen LogP contribution in [0.4, 0.5) is 0 Å². The molecule has 20 heavy (non-hydrogen) atoms. The van der Waals surface area contributed by atoms with Gasteiger partial charge in [0.1, 0.15) is 0 Å². The molecule has 0 spiro atoms. The van der Waals surface area contributed by atoms with Crippen LogP contribution in [-0.2, 0) is 4.79 Å². The highest BCUT2D eigenvalue weighted by atomic mass is 16.4. The van der Waals surface area contributed by atoms with Crippen molar-refractivity contribution in [2.45, 2.75) is 84.1 Å². The number of carbonyl (C=O) groups is 1. The molecule has 0 bridgehead atoms. The molecule has 0 unspecified atom stereocenters. The Balaban J connectivity index is 3.46. The van der Waals surface area contributed by atoms with Gasteiger partial charge in [0.05, 0.1) is 20.6 Å². The predicted molar refractivity (Wildman–Crippen MR) is 85.9 cm³/mol. The zero-order valence-corrected chi connectivity index (χ0v) is 14.2. The van der Waals surface area contributed by atoms with Crippen molar-refractivity contribution in [1.82, 2.24) is 0 Å². The number of unbranched alkanes of at least 4 members (excludes halogenated alkanes) is 9. The molecule has 0 amide bonds. The maximum atomic E-state index is 11.0. The minimum atomic E-state index is -0.693. The van der Waals surface area contributed by atoms with Gasteiger partial charge in [-0.25, -0.2) is 4.79 Å². The molecule has 0 radical (unpaired) electrons. The van der Waals surface area contributed by atoms with Crippen LogP contribution in [0.2, 0.25) is 0 Å². The highest BCUT2D eigenvalue weighted by molar-refractivity contribution is 5.71. The summed E-state index contributed by atoms with van der Waals surface area (Å²) >= 11 is 0. The van der Waals surface area contributed by atoms with Crippen molar-refractivity contribution >= 4 is 5.97 Å². The quantitative estimate of drug-likeness (QED) is 0.401. The molecule has 0 saturated carbocycles. The van der Waals surface area contributed by atoms with Gasteiger partial charge in [0.25, 0.3) is 0 Å². The van der Waals surface area contributed by atoms with Crippen molar-refractivity contribution in [3.8, 4) is 0 Å². The number of quaternary nitrogens is 1. The Bertz CT molecular complexity index is 251. The monoisotopic (exact) mass is 286 g/mol. The van der Waals surface area contributed by atoms with Gasteiger partial charge in [-0.1, -0.05) is 58.3 Å². The Morgan fingerprint density at radius 1 is 0.900 bits per heavy atom. The van der Waals surface area contributed by atoms with E-state index in [1.807, 2.05) is 14.1 Å². The molecule has 0 rings (SSSR count). The highest BCUT2D eigenvalue weighted by Gasteiger charge is 2.29. The van der Waals surface area contributed by atoms with Gasteiger partial charge in [0.2, 0.25) is 0 Å². The number of carboxylic acids is 1. The average Bonchev–Trinajstić information content (AvgIpc) is 2.39. The van der Waals surface area contributed by atoms with E-state index in [0.717, 1.165) is 13.0 Å². The van der Waals surface area contributed by atoms with Gasteiger partial charge in [-0.3, -0.25) is 0 Å². The van der Waals surface area contributed by atoms with Crippen LogP contribution >= 0.6 is 0 Å². The molecule has 0 aromatic heterocycles. The van der Waals surface area contributed by atoms with Gasteiger partial charge in [-0.15, -0.1) is 0 Å². The third kappa shape index (κ3) is 9.35. The van der Waals surface area contributed by atoms with Gasteiger partial charge in [0.15, 0.2) is 6.04 Å². The molecule has 0 aliphatic heterocycles. The van der Waals surface area contributed by atoms with Crippen LogP contribution < -0.4 is 0 Å². The molecule has 3 heteroatoms. The zero-order chi connectivity index (χ0) is 15.4. The fraction of sp³-hybridized carbons (Fsp3) is 0.941. The lowest BCUT2D eigenvalue weighted by molar-refractivity contribution is -0.904. The summed E-state index contributed by atoms with van der Waals surface area (Å²) in [6.45, 7) is 5.02. The first-order valence-electron chi connectivity index (χ1n) is 8.47. The summed E-state index contributed by atoms with van der Waals surface area (Å²) < 4.78 is 0.590. The van der Waals surface area contributed by atoms with E-state index in [9.17, 15) is 4.79 Å². The van der Waals surface area contributed by atoms with Crippen molar-refractivity contribution in [1.29, 1.82) is 0 Å². The number of likely N-dealkylation sites (N-methyl/N-ethyl adjacent to an activating group) is 1. The van der Waals surface area contributed by atoms with Crippen LogP contribution in [0, 0.1) is 0 Å². The molecule has 3 nitrogen and oxygen atoms in total. The van der Waals surface area contributed by atoms with E-state index < -0.39 is 5.97 Å². The second kappa shape index (κ2) is 11.1. The number of rotatable bonds is 13. The summed E-state index contributed by atoms with van der Waals surface area (Å²) in [5.41, 5.74) is 0. The summed E-state index contributed by atoms with van der Waals surface area (Å²) in [5, 5.41) is 9.06. The van der Waals surface area contributed by atoms with Gasteiger partial charge < -0.3 is 9.59 Å². The molecule has 120 valence electrons. The minimum Gasteiger partial charge on any atom is -0.477 e. The largest absolute Gasteiger partial charge is 0.477 e. The van der Waals surface area contributed by atoms with Crippen molar-refractivity contribution in [2.75, 3.05) is 20.6 Å². The predicted octanol–water partition coefficient (Wildman–Crippen LogP) is 4.46. The van der Waals surface area contributed by atoms with E-state index in [2.05, 4.69) is 6.92 Å². The molecule has 0 saturated heterocycles. The van der Waals surface area contributed by atoms with Crippen LogP contribution in [0.1, 0.15) is 78.1 Å². The Labute approximate surface area is 126 Å². The van der Waals surface area contributed by atoms with Crippen molar-refractivity contribution in [2.24, 2.45) is 0 Å². The lowest BCUT2D eigenvalue weighted by Gasteiger charge is -2.33. The fourth-order valence-corrected chi connectivity index (χ4v) is 2.50. The Morgan fingerprint density at radius 3 is 1.70 bits per heavy atom. The normalized spacial score (nSPS) is 13.4. The molecule has 1 atom stereocenters. The molecule has 0 aliphatic rings. The van der Waals surface area contributed by atoms with Gasteiger partial charge >= 0.3 is 5.97 Å². The van der Waals surface area contributed by atoms with Crippen LogP contribution in [0.3, 0.4) is 0 Å². The standard InChI is InChI=1S/C17H35NO2/c1-5-6-7-8-9-10-11-12-13-14-15-18(3,4)16(2)17(19)20/h16H,5-15H2,1-4H3/p+1/t16-/m0/s1. The van der Waals surface area contributed by atoms with Gasteiger partial charge in [-0.05, 0) is 19.8 Å². The molecule has 0 heterocycles. The lowest BCUT2D eigenvalue weighted by atomic mass is 10.1. The first-order valence-corrected chi connectivity index (χ1v) is 8.47. The van der Waals surface area contributed by atoms with Crippen LogP contribution in [0.5, 0.6) is 0 Å². The summed E-state index contributed by atoms with van der Waals surface area (Å²) in [7, 11) is 4.04. The Kier molecular flexibility index (Phi) is 10.8. The summed E-state index contributed by atoms with van der Waals surface area (Å²) in [5.74, 6) is -0.693. The molecule has 0 fully saturated rings. The number of nitrogens with zero attached hydrogens (tertiary/aromatic N) is 1. The van der Waals surface area contributed by atoms with Crippen molar-refractivity contribution < 1.29 is 14.4 Å². The molecular weight excluding hydrogens is 250 g/mol. The minimum absolute atomic E-state index is 0.312. The maximum Gasteiger partial charge on any atom is 0.362 e. The van der Waals surface area contributed by atoms with Crippen molar-refractivity contribution in [3.63, 3.8) is 0 Å². The molecule has 1 N–H and O–H groups in total. The second-order valence-corrected chi connectivity index (χ2v) is 6.70. The SMILES string of the molecule is CCCCCCCCCCCC[N+](C)(C)[C@@H](C)C(=O)O. The van der Waals surface area contributed by atoms with E-state index in [1.54, 1.807) is 6.92 Å². The number of hydrogen-bond acceptors (Lipinski definition) is 1. The van der Waals surface area contributed by atoms with Crippen LogP contribution in [0.25, 0.3) is 0 Å². The van der Waals surface area contributed by atoms with E-state index in [4.69, 9.17) is 5.11 Å². The molecular formula is C17H36NO2+. The molecule has 0 aromatic rings. The molecule has 0 aromatic carbocycles. The maximum absolute atomic E-state index is 11.0. The molecule has 0 aliphatic carbocycles. The average molecular weight is 286 g/mol.